The molecule has 17 heavy (non-hydrogen) atoms. The summed E-state index contributed by atoms with van der Waals surface area (Å²) in [4.78, 5) is 10.5. The van der Waals surface area contributed by atoms with Gasteiger partial charge in [0.05, 0.1) is 12.9 Å². The third-order valence-corrected chi connectivity index (χ3v) is 3.33. The average Bonchev–Trinajstić information content (AvgIpc) is 2.96. The maximum atomic E-state index is 10.5. The fourth-order valence-corrected chi connectivity index (χ4v) is 1.99. The van der Waals surface area contributed by atoms with Crippen LogP contribution in [0.5, 0.6) is 11.5 Å². The number of benzene rings is 1. The van der Waals surface area contributed by atoms with Gasteiger partial charge in [0.1, 0.15) is 5.75 Å². The molecule has 1 aliphatic rings. The van der Waals surface area contributed by atoms with Gasteiger partial charge in [0, 0.05) is 0 Å². The Kier molecular flexibility index (Phi) is 2.73. The Hall–Kier alpha value is -1.71. The summed E-state index contributed by atoms with van der Waals surface area (Å²) in [6, 6.07) is 3.75. The van der Waals surface area contributed by atoms with Crippen LogP contribution in [-0.2, 0) is 5.41 Å². The van der Waals surface area contributed by atoms with E-state index in [4.69, 9.17) is 4.74 Å². The standard InChI is InChI=1S/C13H16O4/c1-8-6-9(13(2)4-5-13)7-10(11(8)16-3)17-12(14)15/h6-7H,4-5H2,1-3H3,(H,14,15)/p-1. The molecule has 2 rings (SSSR count). The molecule has 0 atom stereocenters. The van der Waals surface area contributed by atoms with Crippen molar-refractivity contribution in [1.29, 1.82) is 0 Å². The molecule has 0 bridgehead atoms. The van der Waals surface area contributed by atoms with Crippen molar-refractivity contribution in [2.24, 2.45) is 0 Å². The molecule has 0 heterocycles. The van der Waals surface area contributed by atoms with Gasteiger partial charge in [-0.3, -0.25) is 0 Å². The number of hydrogen-bond donors (Lipinski definition) is 0. The summed E-state index contributed by atoms with van der Waals surface area (Å²) < 4.78 is 9.81. The number of rotatable bonds is 3. The second-order valence-electron chi connectivity index (χ2n) is 4.74. The van der Waals surface area contributed by atoms with Crippen LogP contribution in [0.25, 0.3) is 0 Å². The van der Waals surface area contributed by atoms with E-state index in [-0.39, 0.29) is 11.2 Å². The monoisotopic (exact) mass is 235 g/mol. The molecular formula is C13H15O4-. The van der Waals surface area contributed by atoms with Crippen molar-refractivity contribution in [2.75, 3.05) is 7.11 Å². The minimum atomic E-state index is -1.57. The van der Waals surface area contributed by atoms with Crippen molar-refractivity contribution in [1.82, 2.24) is 0 Å². The topological polar surface area (TPSA) is 58.6 Å². The maximum Gasteiger partial charge on any atom is 0.257 e. The Morgan fingerprint density at radius 3 is 2.53 bits per heavy atom. The van der Waals surface area contributed by atoms with E-state index in [1.165, 1.54) is 7.11 Å². The van der Waals surface area contributed by atoms with Gasteiger partial charge in [-0.25, -0.2) is 0 Å². The highest BCUT2D eigenvalue weighted by atomic mass is 16.7. The molecule has 1 aliphatic carbocycles. The Bertz CT molecular complexity index is 461. The van der Waals surface area contributed by atoms with Crippen LogP contribution in [-0.4, -0.2) is 13.3 Å². The van der Waals surface area contributed by atoms with E-state index in [2.05, 4.69) is 11.7 Å². The number of carboxylic acid groups (broad SMARTS) is 1. The lowest BCUT2D eigenvalue weighted by Crippen LogP contribution is -2.26. The zero-order chi connectivity index (χ0) is 12.6. The summed E-state index contributed by atoms with van der Waals surface area (Å²) in [5.41, 5.74) is 2.11. The predicted octanol–water partition coefficient (Wildman–Crippen LogP) is 1.78. The van der Waals surface area contributed by atoms with Crippen molar-refractivity contribution < 1.29 is 19.4 Å². The van der Waals surface area contributed by atoms with Gasteiger partial charge in [-0.2, -0.15) is 0 Å². The summed E-state index contributed by atoms with van der Waals surface area (Å²) in [5, 5.41) is 10.5. The van der Waals surface area contributed by atoms with E-state index in [1.807, 2.05) is 13.0 Å². The van der Waals surface area contributed by atoms with Crippen LogP contribution >= 0.6 is 0 Å². The lowest BCUT2D eigenvalue weighted by Gasteiger charge is -2.19. The third kappa shape index (κ3) is 2.20. The number of ether oxygens (including phenoxy) is 2. The highest BCUT2D eigenvalue weighted by molar-refractivity contribution is 5.63. The Morgan fingerprint density at radius 1 is 1.41 bits per heavy atom. The Labute approximate surface area is 100 Å². The maximum absolute atomic E-state index is 10.5. The van der Waals surface area contributed by atoms with Crippen molar-refractivity contribution in [3.8, 4) is 11.5 Å². The van der Waals surface area contributed by atoms with E-state index in [1.54, 1.807) is 6.07 Å². The fraction of sp³-hybridized carbons (Fsp3) is 0.462. The molecule has 1 aromatic rings. The van der Waals surface area contributed by atoms with Gasteiger partial charge in [0.25, 0.3) is 6.16 Å². The molecule has 4 nitrogen and oxygen atoms in total. The first kappa shape index (κ1) is 11.8. The Balaban J connectivity index is 2.46. The van der Waals surface area contributed by atoms with Crippen LogP contribution in [0.15, 0.2) is 12.1 Å². The van der Waals surface area contributed by atoms with Crippen molar-refractivity contribution in [2.45, 2.75) is 32.1 Å². The van der Waals surface area contributed by atoms with Crippen LogP contribution in [0.1, 0.15) is 30.9 Å². The molecule has 1 saturated carbocycles. The highest BCUT2D eigenvalue weighted by Gasteiger charge is 2.39. The number of carbonyl (C=O) groups is 1. The molecule has 0 saturated heterocycles. The molecule has 0 amide bonds. The summed E-state index contributed by atoms with van der Waals surface area (Å²) in [5.74, 6) is 0.665. The molecule has 0 spiro atoms. The van der Waals surface area contributed by atoms with E-state index in [0.29, 0.717) is 5.75 Å². The van der Waals surface area contributed by atoms with Crippen LogP contribution < -0.4 is 14.6 Å². The first-order chi connectivity index (χ1) is 7.96. The van der Waals surface area contributed by atoms with Crippen molar-refractivity contribution in [3.63, 3.8) is 0 Å². The molecule has 0 aromatic heterocycles. The lowest BCUT2D eigenvalue weighted by atomic mass is 9.96. The second-order valence-corrected chi connectivity index (χ2v) is 4.74. The second kappa shape index (κ2) is 3.95. The van der Waals surface area contributed by atoms with E-state index >= 15 is 0 Å². The Morgan fingerprint density at radius 2 is 2.06 bits per heavy atom. The summed E-state index contributed by atoms with van der Waals surface area (Å²) in [7, 11) is 1.49. The van der Waals surface area contributed by atoms with Crippen LogP contribution in [0.4, 0.5) is 4.79 Å². The molecule has 1 fully saturated rings. The average molecular weight is 235 g/mol. The number of hydrogen-bond acceptors (Lipinski definition) is 4. The molecule has 0 radical (unpaired) electrons. The van der Waals surface area contributed by atoms with Gasteiger partial charge in [-0.1, -0.05) is 13.0 Å². The molecule has 0 aliphatic heterocycles. The minimum Gasteiger partial charge on any atom is -0.510 e. The largest absolute Gasteiger partial charge is 0.510 e. The van der Waals surface area contributed by atoms with Gasteiger partial charge in [-0.15, -0.1) is 0 Å². The molecule has 0 unspecified atom stereocenters. The quantitative estimate of drug-likeness (QED) is 0.592. The van der Waals surface area contributed by atoms with E-state index in [0.717, 1.165) is 24.0 Å². The number of methoxy groups -OCH3 is 1. The SMILES string of the molecule is COc1c(C)cc(C2(C)CC2)cc1OC(=O)[O-]. The summed E-state index contributed by atoms with van der Waals surface area (Å²) in [6.45, 7) is 4.02. The van der Waals surface area contributed by atoms with Crippen molar-refractivity contribution >= 4 is 6.16 Å². The van der Waals surface area contributed by atoms with Crippen molar-refractivity contribution in [3.05, 3.63) is 23.3 Å². The first-order valence-electron chi connectivity index (χ1n) is 5.54. The van der Waals surface area contributed by atoms with Gasteiger partial charge in [-0.05, 0) is 42.4 Å². The molecular weight excluding hydrogens is 220 g/mol. The summed E-state index contributed by atoms with van der Waals surface area (Å²) in [6.07, 6.45) is 0.661. The molecule has 1 aromatic carbocycles. The van der Waals surface area contributed by atoms with Crippen LogP contribution in [0.2, 0.25) is 0 Å². The highest BCUT2D eigenvalue weighted by Crippen LogP contribution is 2.50. The van der Waals surface area contributed by atoms with Crippen LogP contribution in [0, 0.1) is 6.92 Å². The first-order valence-corrected chi connectivity index (χ1v) is 5.54. The minimum absolute atomic E-state index is 0.154. The fourth-order valence-electron chi connectivity index (χ4n) is 1.99. The van der Waals surface area contributed by atoms with Gasteiger partial charge < -0.3 is 19.4 Å². The zero-order valence-electron chi connectivity index (χ0n) is 10.2. The predicted molar refractivity (Wildman–Crippen MR) is 60.3 cm³/mol. The zero-order valence-corrected chi connectivity index (χ0v) is 10.2. The number of carbonyl (C=O) groups excluding carboxylic acids is 1. The third-order valence-electron chi connectivity index (χ3n) is 3.33. The van der Waals surface area contributed by atoms with E-state index in [9.17, 15) is 9.90 Å². The van der Waals surface area contributed by atoms with Gasteiger partial charge >= 0.3 is 0 Å². The van der Waals surface area contributed by atoms with Crippen LogP contribution in [0.3, 0.4) is 0 Å². The normalized spacial score (nSPS) is 16.4. The lowest BCUT2D eigenvalue weighted by molar-refractivity contribution is -0.271. The van der Waals surface area contributed by atoms with Gasteiger partial charge in [0.15, 0.2) is 0 Å². The van der Waals surface area contributed by atoms with E-state index < -0.39 is 6.16 Å². The number of aryl methyl sites for hydroxylation is 1. The smallest absolute Gasteiger partial charge is 0.257 e. The summed E-state index contributed by atoms with van der Waals surface area (Å²) >= 11 is 0. The molecule has 92 valence electrons. The molecule has 0 N–H and O–H groups in total. The molecule has 4 heteroatoms. The van der Waals surface area contributed by atoms with Gasteiger partial charge in [0.2, 0.25) is 0 Å².